The van der Waals surface area contributed by atoms with Crippen LogP contribution in [0.2, 0.25) is 0 Å². The van der Waals surface area contributed by atoms with E-state index < -0.39 is 18.8 Å². The zero-order valence-corrected chi connectivity index (χ0v) is 16.0. The first-order chi connectivity index (χ1) is 10.8. The monoisotopic (exact) mass is 409 g/mol. The summed E-state index contributed by atoms with van der Waals surface area (Å²) >= 11 is 0. The average Bonchev–Trinajstić information content (AvgIpc) is 3.13. The van der Waals surface area contributed by atoms with E-state index in [-0.39, 0.29) is 42.7 Å². The standard InChI is InChI=1S/C15H26F3N3O2.2ClH/c1-2-20(10-15(16,17)18)8-11-5-6-21(9-11)14(22)13-4-3-12(7-19)23-13;;/h11-13H,2-10,19H2,1H3;2*1H/t11?,12-,13+;;/m1../s1. The zero-order valence-electron chi connectivity index (χ0n) is 14.3. The van der Waals surface area contributed by atoms with Gasteiger partial charge in [0.15, 0.2) is 0 Å². The molecule has 5 nitrogen and oxygen atoms in total. The summed E-state index contributed by atoms with van der Waals surface area (Å²) in [7, 11) is 0. The maximum atomic E-state index is 12.5. The Balaban J connectivity index is 0.00000288. The number of nitrogens with two attached hydrogens (primary N) is 1. The molecule has 0 bridgehead atoms. The molecule has 2 heterocycles. The second kappa shape index (κ2) is 10.8. The van der Waals surface area contributed by atoms with Crippen molar-refractivity contribution < 1.29 is 22.7 Å². The maximum Gasteiger partial charge on any atom is 0.401 e. The van der Waals surface area contributed by atoms with Gasteiger partial charge in [-0.15, -0.1) is 24.8 Å². The average molecular weight is 410 g/mol. The molecular formula is C15H28Cl2F3N3O2. The number of nitrogens with zero attached hydrogens (tertiary/aromatic N) is 2. The second-order valence-electron chi connectivity index (χ2n) is 6.44. The minimum absolute atomic E-state index is 0. The van der Waals surface area contributed by atoms with Crippen LogP contribution in [0.4, 0.5) is 13.2 Å². The van der Waals surface area contributed by atoms with Crippen LogP contribution in [0.1, 0.15) is 26.2 Å². The van der Waals surface area contributed by atoms with E-state index >= 15 is 0 Å². The molecule has 0 aromatic rings. The molecule has 2 N–H and O–H groups in total. The van der Waals surface area contributed by atoms with Crippen molar-refractivity contribution in [3.8, 4) is 0 Å². The lowest BCUT2D eigenvalue weighted by atomic mass is 10.1. The fourth-order valence-electron chi connectivity index (χ4n) is 3.37. The van der Waals surface area contributed by atoms with E-state index in [4.69, 9.17) is 10.5 Å². The van der Waals surface area contributed by atoms with Crippen LogP contribution in [0.25, 0.3) is 0 Å². The number of ether oxygens (including phenoxy) is 1. The van der Waals surface area contributed by atoms with Crippen molar-refractivity contribution in [3.05, 3.63) is 0 Å². The highest BCUT2D eigenvalue weighted by Crippen LogP contribution is 2.25. The number of hydrogen-bond acceptors (Lipinski definition) is 4. The van der Waals surface area contributed by atoms with Crippen LogP contribution in [-0.4, -0.2) is 73.4 Å². The van der Waals surface area contributed by atoms with E-state index in [9.17, 15) is 18.0 Å². The number of hydrogen-bond donors (Lipinski definition) is 1. The van der Waals surface area contributed by atoms with Crippen molar-refractivity contribution in [2.24, 2.45) is 11.7 Å². The lowest BCUT2D eigenvalue weighted by Crippen LogP contribution is -2.40. The first-order valence-electron chi connectivity index (χ1n) is 8.25. The summed E-state index contributed by atoms with van der Waals surface area (Å²) in [5.41, 5.74) is 5.54. The Hall–Kier alpha value is -0.280. The van der Waals surface area contributed by atoms with Crippen LogP contribution in [0, 0.1) is 5.92 Å². The molecule has 0 radical (unpaired) electrons. The number of carbonyl (C=O) groups is 1. The predicted molar refractivity (Wildman–Crippen MR) is 94.3 cm³/mol. The number of alkyl halides is 3. The van der Waals surface area contributed by atoms with Gasteiger partial charge in [-0.3, -0.25) is 9.69 Å². The molecule has 0 spiro atoms. The summed E-state index contributed by atoms with van der Waals surface area (Å²) in [4.78, 5) is 15.5. The molecule has 0 aromatic carbocycles. The van der Waals surface area contributed by atoms with Gasteiger partial charge in [-0.25, -0.2) is 0 Å². The zero-order chi connectivity index (χ0) is 17.0. The van der Waals surface area contributed by atoms with E-state index in [1.165, 1.54) is 4.90 Å². The van der Waals surface area contributed by atoms with Crippen molar-refractivity contribution in [2.45, 2.75) is 44.6 Å². The van der Waals surface area contributed by atoms with Gasteiger partial charge >= 0.3 is 6.18 Å². The topological polar surface area (TPSA) is 58.8 Å². The molecule has 3 atom stereocenters. The van der Waals surface area contributed by atoms with E-state index in [0.717, 1.165) is 12.8 Å². The smallest absolute Gasteiger partial charge is 0.364 e. The normalized spacial score (nSPS) is 26.5. The highest BCUT2D eigenvalue weighted by molar-refractivity contribution is 5.85. The Kier molecular flexibility index (Phi) is 10.6. The van der Waals surface area contributed by atoms with Gasteiger partial charge in [0.05, 0.1) is 12.6 Å². The molecule has 0 aromatic heterocycles. The van der Waals surface area contributed by atoms with Gasteiger partial charge in [0, 0.05) is 26.2 Å². The molecule has 2 aliphatic rings. The Morgan fingerprint density at radius 1 is 1.28 bits per heavy atom. The Labute approximate surface area is 159 Å². The second-order valence-corrected chi connectivity index (χ2v) is 6.44. The summed E-state index contributed by atoms with van der Waals surface area (Å²) in [6.07, 6.45) is -2.45. The lowest BCUT2D eigenvalue weighted by molar-refractivity contribution is -0.147. The van der Waals surface area contributed by atoms with Crippen LogP contribution in [0.15, 0.2) is 0 Å². The number of likely N-dealkylation sites (tertiary alicyclic amines) is 1. The van der Waals surface area contributed by atoms with Gasteiger partial charge in [-0.2, -0.15) is 13.2 Å². The predicted octanol–water partition coefficient (Wildman–Crippen LogP) is 2.07. The van der Waals surface area contributed by atoms with Crippen molar-refractivity contribution in [3.63, 3.8) is 0 Å². The van der Waals surface area contributed by atoms with Crippen LogP contribution in [0.3, 0.4) is 0 Å². The molecule has 2 saturated heterocycles. The SMILES string of the molecule is CCN(CC1CCN(C(=O)[C@@H]2CC[C@H](CN)O2)C1)CC(F)(F)F.Cl.Cl. The largest absolute Gasteiger partial charge is 0.401 e. The minimum Gasteiger partial charge on any atom is -0.364 e. The summed E-state index contributed by atoms with van der Waals surface area (Å²) in [5, 5.41) is 0. The fraction of sp³-hybridized carbons (Fsp3) is 0.933. The lowest BCUT2D eigenvalue weighted by Gasteiger charge is -2.25. The molecule has 2 aliphatic heterocycles. The molecule has 0 aliphatic carbocycles. The Morgan fingerprint density at radius 2 is 1.96 bits per heavy atom. The van der Waals surface area contributed by atoms with Gasteiger partial charge in [0.1, 0.15) is 6.10 Å². The number of amides is 1. The van der Waals surface area contributed by atoms with Gasteiger partial charge in [-0.1, -0.05) is 6.92 Å². The highest BCUT2D eigenvalue weighted by atomic mass is 35.5. The van der Waals surface area contributed by atoms with Crippen molar-refractivity contribution in [2.75, 3.05) is 39.3 Å². The number of rotatable bonds is 6. The summed E-state index contributed by atoms with van der Waals surface area (Å²) in [6, 6.07) is 0. The third-order valence-corrected chi connectivity index (χ3v) is 4.61. The number of halogens is 5. The van der Waals surface area contributed by atoms with Gasteiger partial charge in [-0.05, 0) is 31.7 Å². The third kappa shape index (κ3) is 7.46. The first-order valence-corrected chi connectivity index (χ1v) is 8.25. The maximum absolute atomic E-state index is 12.5. The van der Waals surface area contributed by atoms with E-state index in [1.54, 1.807) is 11.8 Å². The van der Waals surface area contributed by atoms with Crippen LogP contribution >= 0.6 is 24.8 Å². The molecule has 1 amide bonds. The van der Waals surface area contributed by atoms with Crippen LogP contribution < -0.4 is 5.73 Å². The molecule has 25 heavy (non-hydrogen) atoms. The van der Waals surface area contributed by atoms with E-state index in [2.05, 4.69) is 0 Å². The molecule has 2 fully saturated rings. The molecule has 0 saturated carbocycles. The van der Waals surface area contributed by atoms with Crippen molar-refractivity contribution in [1.29, 1.82) is 0 Å². The Bertz CT molecular complexity index is 416. The highest BCUT2D eigenvalue weighted by Gasteiger charge is 2.37. The van der Waals surface area contributed by atoms with E-state index in [1.807, 2.05) is 0 Å². The molecule has 150 valence electrons. The molecular weight excluding hydrogens is 382 g/mol. The van der Waals surface area contributed by atoms with Crippen molar-refractivity contribution in [1.82, 2.24) is 9.80 Å². The van der Waals surface area contributed by atoms with Gasteiger partial charge in [0.2, 0.25) is 0 Å². The van der Waals surface area contributed by atoms with E-state index in [0.29, 0.717) is 39.1 Å². The summed E-state index contributed by atoms with van der Waals surface area (Å²) < 4.78 is 43.2. The fourth-order valence-corrected chi connectivity index (χ4v) is 3.37. The third-order valence-electron chi connectivity index (χ3n) is 4.61. The van der Waals surface area contributed by atoms with Gasteiger partial charge in [0.25, 0.3) is 5.91 Å². The van der Waals surface area contributed by atoms with Crippen molar-refractivity contribution >= 4 is 30.7 Å². The Morgan fingerprint density at radius 3 is 2.48 bits per heavy atom. The summed E-state index contributed by atoms with van der Waals surface area (Å²) in [6.45, 7) is 3.08. The molecule has 10 heteroatoms. The molecule has 2 rings (SSSR count). The molecule has 1 unspecified atom stereocenters. The first kappa shape index (κ1) is 24.7. The van der Waals surface area contributed by atoms with Gasteiger partial charge < -0.3 is 15.4 Å². The van der Waals surface area contributed by atoms with Crippen LogP contribution in [-0.2, 0) is 9.53 Å². The quantitative estimate of drug-likeness (QED) is 0.729. The number of carbonyl (C=O) groups excluding carboxylic acids is 1. The summed E-state index contributed by atoms with van der Waals surface area (Å²) in [5.74, 6) is 0.0512. The minimum atomic E-state index is -4.18. The van der Waals surface area contributed by atoms with Crippen LogP contribution in [0.5, 0.6) is 0 Å².